The van der Waals surface area contributed by atoms with Crippen LogP contribution in [-0.2, 0) is 0 Å². The predicted octanol–water partition coefficient (Wildman–Crippen LogP) is 3.93. The average molecular weight is 211 g/mol. The van der Waals surface area contributed by atoms with Crippen LogP contribution >= 0.6 is 0 Å². The highest BCUT2D eigenvalue weighted by atomic mass is 15.2. The van der Waals surface area contributed by atoms with E-state index in [0.717, 1.165) is 18.0 Å². The van der Waals surface area contributed by atoms with Crippen LogP contribution in [0.15, 0.2) is 0 Å². The third-order valence-electron chi connectivity index (χ3n) is 4.12. The average Bonchev–Trinajstić information content (AvgIpc) is 2.15. The first-order chi connectivity index (χ1) is 6.86. The summed E-state index contributed by atoms with van der Waals surface area (Å²) >= 11 is 0. The standard InChI is InChI=1S/C14H29N/c1-7-13-10-12(14(4,5)6)8-9-15(13)11(2)3/h11-13H,7-10H2,1-6H3. The van der Waals surface area contributed by atoms with Crippen LogP contribution in [-0.4, -0.2) is 23.5 Å². The van der Waals surface area contributed by atoms with Gasteiger partial charge in [0.1, 0.15) is 0 Å². The highest BCUT2D eigenvalue weighted by Gasteiger charge is 2.34. The highest BCUT2D eigenvalue weighted by molar-refractivity contribution is 4.87. The van der Waals surface area contributed by atoms with Crippen molar-refractivity contribution in [3.63, 3.8) is 0 Å². The molecule has 1 nitrogen and oxygen atoms in total. The zero-order chi connectivity index (χ0) is 11.6. The number of hydrogen-bond acceptors (Lipinski definition) is 1. The van der Waals surface area contributed by atoms with E-state index in [2.05, 4.69) is 46.4 Å². The molecule has 15 heavy (non-hydrogen) atoms. The molecule has 0 spiro atoms. The van der Waals surface area contributed by atoms with Gasteiger partial charge >= 0.3 is 0 Å². The van der Waals surface area contributed by atoms with Gasteiger partial charge in [0.05, 0.1) is 0 Å². The Kier molecular flexibility index (Phi) is 4.22. The Morgan fingerprint density at radius 2 is 1.87 bits per heavy atom. The minimum atomic E-state index is 0.497. The minimum Gasteiger partial charge on any atom is -0.298 e. The van der Waals surface area contributed by atoms with Gasteiger partial charge in [-0.05, 0) is 51.0 Å². The molecule has 1 rings (SSSR count). The van der Waals surface area contributed by atoms with Gasteiger partial charge in [-0.15, -0.1) is 0 Å². The number of likely N-dealkylation sites (tertiary alicyclic amines) is 1. The molecular weight excluding hydrogens is 182 g/mol. The van der Waals surface area contributed by atoms with Gasteiger partial charge in [-0.3, -0.25) is 4.90 Å². The summed E-state index contributed by atoms with van der Waals surface area (Å²) in [6, 6.07) is 1.54. The van der Waals surface area contributed by atoms with E-state index < -0.39 is 0 Å². The summed E-state index contributed by atoms with van der Waals surface area (Å²) in [5, 5.41) is 0. The van der Waals surface area contributed by atoms with Crippen molar-refractivity contribution >= 4 is 0 Å². The molecule has 0 saturated carbocycles. The molecule has 0 aromatic carbocycles. The number of rotatable bonds is 2. The molecule has 0 aromatic rings. The van der Waals surface area contributed by atoms with E-state index >= 15 is 0 Å². The maximum absolute atomic E-state index is 2.70. The molecule has 90 valence electrons. The topological polar surface area (TPSA) is 3.24 Å². The van der Waals surface area contributed by atoms with Crippen molar-refractivity contribution in [2.75, 3.05) is 6.54 Å². The molecule has 0 aromatic heterocycles. The van der Waals surface area contributed by atoms with Gasteiger partial charge in [-0.25, -0.2) is 0 Å². The smallest absolute Gasteiger partial charge is 0.00981 e. The van der Waals surface area contributed by atoms with Crippen molar-refractivity contribution in [2.45, 2.75) is 72.9 Å². The molecule has 1 fully saturated rings. The second-order valence-corrected chi connectivity index (χ2v) is 6.48. The van der Waals surface area contributed by atoms with Gasteiger partial charge in [0.25, 0.3) is 0 Å². The van der Waals surface area contributed by atoms with Crippen molar-refractivity contribution in [2.24, 2.45) is 11.3 Å². The van der Waals surface area contributed by atoms with Gasteiger partial charge in [-0.1, -0.05) is 27.7 Å². The zero-order valence-corrected chi connectivity index (χ0v) is 11.5. The number of hydrogen-bond donors (Lipinski definition) is 0. The summed E-state index contributed by atoms with van der Waals surface area (Å²) in [6.07, 6.45) is 4.10. The van der Waals surface area contributed by atoms with Crippen molar-refractivity contribution < 1.29 is 0 Å². The first-order valence-corrected chi connectivity index (χ1v) is 6.62. The lowest BCUT2D eigenvalue weighted by atomic mass is 9.72. The highest BCUT2D eigenvalue weighted by Crippen LogP contribution is 2.38. The fourth-order valence-electron chi connectivity index (χ4n) is 2.94. The second-order valence-electron chi connectivity index (χ2n) is 6.48. The van der Waals surface area contributed by atoms with Crippen molar-refractivity contribution in [3.8, 4) is 0 Å². The molecule has 1 aliphatic heterocycles. The quantitative estimate of drug-likeness (QED) is 0.669. The van der Waals surface area contributed by atoms with E-state index in [1.54, 1.807) is 0 Å². The minimum absolute atomic E-state index is 0.497. The molecule has 0 bridgehead atoms. The largest absolute Gasteiger partial charge is 0.298 e. The summed E-state index contributed by atoms with van der Waals surface area (Å²) in [5.41, 5.74) is 0.497. The van der Waals surface area contributed by atoms with Crippen LogP contribution in [0.4, 0.5) is 0 Å². The Morgan fingerprint density at radius 1 is 1.27 bits per heavy atom. The lowest BCUT2D eigenvalue weighted by molar-refractivity contribution is 0.0395. The fraction of sp³-hybridized carbons (Fsp3) is 1.00. The van der Waals surface area contributed by atoms with Crippen LogP contribution in [0.2, 0.25) is 0 Å². The van der Waals surface area contributed by atoms with Crippen LogP contribution in [0.3, 0.4) is 0 Å². The van der Waals surface area contributed by atoms with Gasteiger partial charge in [-0.2, -0.15) is 0 Å². The Morgan fingerprint density at radius 3 is 2.27 bits per heavy atom. The predicted molar refractivity (Wildman–Crippen MR) is 68.1 cm³/mol. The molecule has 1 aliphatic rings. The van der Waals surface area contributed by atoms with Gasteiger partial charge < -0.3 is 0 Å². The molecule has 2 unspecified atom stereocenters. The Hall–Kier alpha value is -0.0400. The second kappa shape index (κ2) is 4.86. The summed E-state index contributed by atoms with van der Waals surface area (Å²) in [6.45, 7) is 15.5. The molecule has 1 heterocycles. The van der Waals surface area contributed by atoms with Gasteiger partial charge in [0.15, 0.2) is 0 Å². The SMILES string of the molecule is CCC1CC(C(C)(C)C)CCN1C(C)C. The van der Waals surface area contributed by atoms with Gasteiger partial charge in [0, 0.05) is 12.1 Å². The van der Waals surface area contributed by atoms with Crippen LogP contribution in [0, 0.1) is 11.3 Å². The maximum atomic E-state index is 2.70. The summed E-state index contributed by atoms with van der Waals surface area (Å²) in [5.74, 6) is 0.914. The van der Waals surface area contributed by atoms with E-state index in [4.69, 9.17) is 0 Å². The first-order valence-electron chi connectivity index (χ1n) is 6.62. The molecule has 1 heteroatoms. The third kappa shape index (κ3) is 3.21. The van der Waals surface area contributed by atoms with Crippen molar-refractivity contribution in [1.82, 2.24) is 4.90 Å². The summed E-state index contributed by atoms with van der Waals surface area (Å²) in [7, 11) is 0. The number of nitrogens with zero attached hydrogens (tertiary/aromatic N) is 1. The molecular formula is C14H29N. The zero-order valence-electron chi connectivity index (χ0n) is 11.5. The summed E-state index contributed by atoms with van der Waals surface area (Å²) in [4.78, 5) is 2.70. The van der Waals surface area contributed by atoms with Gasteiger partial charge in [0.2, 0.25) is 0 Å². The summed E-state index contributed by atoms with van der Waals surface area (Å²) < 4.78 is 0. The Balaban J connectivity index is 2.63. The molecule has 2 atom stereocenters. The van der Waals surface area contributed by atoms with E-state index in [1.807, 2.05) is 0 Å². The molecule has 0 amide bonds. The van der Waals surface area contributed by atoms with Crippen LogP contribution in [0.5, 0.6) is 0 Å². The molecule has 1 saturated heterocycles. The third-order valence-corrected chi connectivity index (χ3v) is 4.12. The van der Waals surface area contributed by atoms with Crippen LogP contribution in [0.1, 0.15) is 60.8 Å². The van der Waals surface area contributed by atoms with Crippen LogP contribution < -0.4 is 0 Å². The number of piperidine rings is 1. The monoisotopic (exact) mass is 211 g/mol. The van der Waals surface area contributed by atoms with Crippen LogP contribution in [0.25, 0.3) is 0 Å². The fourth-order valence-corrected chi connectivity index (χ4v) is 2.94. The van der Waals surface area contributed by atoms with E-state index in [-0.39, 0.29) is 0 Å². The van der Waals surface area contributed by atoms with E-state index in [1.165, 1.54) is 25.8 Å². The molecule has 0 radical (unpaired) electrons. The van der Waals surface area contributed by atoms with E-state index in [9.17, 15) is 0 Å². The maximum Gasteiger partial charge on any atom is 0.00981 e. The Bertz CT molecular complexity index is 190. The van der Waals surface area contributed by atoms with Crippen molar-refractivity contribution in [1.29, 1.82) is 0 Å². The first kappa shape index (κ1) is 13.0. The molecule has 0 N–H and O–H groups in total. The lowest BCUT2D eigenvalue weighted by Gasteiger charge is -2.45. The Labute approximate surface area is 96.2 Å². The normalized spacial score (nSPS) is 29.8. The van der Waals surface area contributed by atoms with Crippen molar-refractivity contribution in [3.05, 3.63) is 0 Å². The molecule has 0 aliphatic carbocycles. The van der Waals surface area contributed by atoms with E-state index in [0.29, 0.717) is 5.41 Å². The lowest BCUT2D eigenvalue weighted by Crippen LogP contribution is -2.48.